The van der Waals surface area contributed by atoms with E-state index in [2.05, 4.69) is 22.0 Å². The standard InChI is InChI=1S/C22H31N3O3S/c1-17(2)29(27,28)22-23-14-21(16-24-12-7-10-20(15-24)18(3)26)25(22)13-11-19-8-5-4-6-9-19/h4-6,8-9,14,17,20H,7,10-13,15-16H2,1-3H3. The lowest BCUT2D eigenvalue weighted by Gasteiger charge is -2.31. The van der Waals surface area contributed by atoms with Gasteiger partial charge in [-0.15, -0.1) is 0 Å². The van der Waals surface area contributed by atoms with E-state index in [9.17, 15) is 13.2 Å². The van der Waals surface area contributed by atoms with Crippen LogP contribution in [0, 0.1) is 5.92 Å². The molecule has 2 aromatic rings. The number of hydrogen-bond donors (Lipinski definition) is 0. The molecule has 1 aliphatic heterocycles. The third-order valence-electron chi connectivity index (χ3n) is 5.71. The summed E-state index contributed by atoms with van der Waals surface area (Å²) in [5.74, 6) is 0.304. The van der Waals surface area contributed by atoms with Crippen molar-refractivity contribution in [3.63, 3.8) is 0 Å². The Bertz CT molecular complexity index is 935. The van der Waals surface area contributed by atoms with E-state index < -0.39 is 15.1 Å². The highest BCUT2D eigenvalue weighted by Crippen LogP contribution is 2.22. The predicted molar refractivity (Wildman–Crippen MR) is 113 cm³/mol. The third-order valence-corrected chi connectivity index (χ3v) is 7.79. The molecule has 0 spiro atoms. The van der Waals surface area contributed by atoms with Crippen LogP contribution in [-0.4, -0.2) is 47.0 Å². The lowest BCUT2D eigenvalue weighted by atomic mass is 9.94. The van der Waals surface area contributed by atoms with Crippen molar-refractivity contribution < 1.29 is 13.2 Å². The Morgan fingerprint density at radius 1 is 1.24 bits per heavy atom. The van der Waals surface area contributed by atoms with Crippen LogP contribution in [0.15, 0.2) is 41.7 Å². The number of rotatable bonds is 8. The number of carbonyl (C=O) groups excluding carboxylic acids is 1. The van der Waals surface area contributed by atoms with Crippen LogP contribution < -0.4 is 0 Å². The minimum absolute atomic E-state index is 0.0725. The Balaban J connectivity index is 1.86. The second kappa shape index (κ2) is 9.22. The Morgan fingerprint density at radius 2 is 1.97 bits per heavy atom. The van der Waals surface area contributed by atoms with Gasteiger partial charge < -0.3 is 4.57 Å². The van der Waals surface area contributed by atoms with Crippen molar-refractivity contribution in [1.82, 2.24) is 14.5 Å². The molecule has 0 saturated carbocycles. The number of carbonyl (C=O) groups is 1. The number of nitrogens with zero attached hydrogens (tertiary/aromatic N) is 3. The molecule has 1 atom stereocenters. The van der Waals surface area contributed by atoms with Crippen LogP contribution in [0.1, 0.15) is 44.9 Å². The van der Waals surface area contributed by atoms with Crippen molar-refractivity contribution in [2.45, 2.75) is 63.5 Å². The molecular formula is C22H31N3O3S. The zero-order valence-corrected chi connectivity index (χ0v) is 18.4. The number of benzene rings is 1. The molecule has 6 nitrogen and oxygen atoms in total. The fraction of sp³-hybridized carbons (Fsp3) is 0.545. The maximum absolute atomic E-state index is 12.9. The van der Waals surface area contributed by atoms with E-state index in [-0.39, 0.29) is 16.9 Å². The molecule has 0 aliphatic carbocycles. The van der Waals surface area contributed by atoms with Crippen molar-refractivity contribution in [1.29, 1.82) is 0 Å². The van der Waals surface area contributed by atoms with Gasteiger partial charge in [0.2, 0.25) is 15.0 Å². The van der Waals surface area contributed by atoms with Gasteiger partial charge in [0.25, 0.3) is 0 Å². The van der Waals surface area contributed by atoms with Crippen LogP contribution in [-0.2, 0) is 34.1 Å². The van der Waals surface area contributed by atoms with Gasteiger partial charge in [-0.05, 0) is 52.1 Å². The topological polar surface area (TPSA) is 72.3 Å². The number of imidazole rings is 1. The molecule has 1 aromatic heterocycles. The summed E-state index contributed by atoms with van der Waals surface area (Å²) in [4.78, 5) is 18.4. The number of likely N-dealkylation sites (tertiary alicyclic amines) is 1. The molecule has 1 aromatic carbocycles. The van der Waals surface area contributed by atoms with Gasteiger partial charge in [-0.3, -0.25) is 9.69 Å². The number of ketones is 1. The second-order valence-corrected chi connectivity index (χ2v) is 10.6. The molecule has 1 fully saturated rings. The summed E-state index contributed by atoms with van der Waals surface area (Å²) in [6.45, 7) is 7.85. The van der Waals surface area contributed by atoms with Crippen LogP contribution in [0.5, 0.6) is 0 Å². The van der Waals surface area contributed by atoms with Gasteiger partial charge in [0.05, 0.1) is 17.1 Å². The second-order valence-electron chi connectivity index (χ2n) is 8.20. The Hall–Kier alpha value is -1.99. The average molecular weight is 418 g/mol. The monoisotopic (exact) mass is 417 g/mol. The first-order valence-electron chi connectivity index (χ1n) is 10.3. The minimum atomic E-state index is -3.48. The van der Waals surface area contributed by atoms with Crippen molar-refractivity contribution >= 4 is 15.6 Å². The molecule has 2 heterocycles. The van der Waals surface area contributed by atoms with E-state index in [1.54, 1.807) is 27.0 Å². The van der Waals surface area contributed by atoms with E-state index in [1.165, 1.54) is 0 Å². The molecule has 0 amide bonds. The summed E-state index contributed by atoms with van der Waals surface area (Å²) in [5, 5.41) is -0.371. The molecule has 0 radical (unpaired) electrons. The maximum atomic E-state index is 12.9. The Labute approximate surface area is 173 Å². The number of Topliss-reactive ketones (excluding diaryl/α,β-unsaturated/α-hetero) is 1. The Morgan fingerprint density at radius 3 is 2.62 bits per heavy atom. The predicted octanol–water partition coefficient (Wildman–Crippen LogP) is 3.11. The minimum Gasteiger partial charge on any atom is -0.317 e. The summed E-state index contributed by atoms with van der Waals surface area (Å²) >= 11 is 0. The zero-order valence-electron chi connectivity index (χ0n) is 17.5. The fourth-order valence-electron chi connectivity index (χ4n) is 3.84. The highest BCUT2D eigenvalue weighted by molar-refractivity contribution is 7.91. The van der Waals surface area contributed by atoms with Gasteiger partial charge in [0.15, 0.2) is 0 Å². The van der Waals surface area contributed by atoms with Crippen molar-refractivity contribution in [3.8, 4) is 0 Å². The molecule has 1 saturated heterocycles. The van der Waals surface area contributed by atoms with Gasteiger partial charge in [0, 0.05) is 25.6 Å². The molecule has 7 heteroatoms. The molecule has 158 valence electrons. The van der Waals surface area contributed by atoms with Crippen molar-refractivity contribution in [2.75, 3.05) is 13.1 Å². The van der Waals surface area contributed by atoms with E-state index in [4.69, 9.17) is 0 Å². The highest BCUT2D eigenvalue weighted by Gasteiger charge is 2.28. The highest BCUT2D eigenvalue weighted by atomic mass is 32.2. The zero-order chi connectivity index (χ0) is 21.0. The van der Waals surface area contributed by atoms with Crippen LogP contribution in [0.2, 0.25) is 0 Å². The molecular weight excluding hydrogens is 386 g/mol. The number of aromatic nitrogens is 2. The summed E-state index contributed by atoms with van der Waals surface area (Å²) in [6, 6.07) is 10.1. The molecule has 0 N–H and O–H groups in total. The van der Waals surface area contributed by atoms with Gasteiger partial charge in [0.1, 0.15) is 5.78 Å². The van der Waals surface area contributed by atoms with Crippen LogP contribution >= 0.6 is 0 Å². The fourth-order valence-corrected chi connectivity index (χ4v) is 4.98. The number of piperidine rings is 1. The SMILES string of the molecule is CC(=O)C1CCCN(Cc2cnc(S(=O)(=O)C(C)C)n2CCc2ccccc2)C1. The lowest BCUT2D eigenvalue weighted by molar-refractivity contribution is -0.122. The Kier molecular flexibility index (Phi) is 6.90. The van der Waals surface area contributed by atoms with Crippen LogP contribution in [0.3, 0.4) is 0 Å². The third kappa shape index (κ3) is 5.14. The number of sulfone groups is 1. The summed E-state index contributed by atoms with van der Waals surface area (Å²) < 4.78 is 27.6. The van der Waals surface area contributed by atoms with Crippen molar-refractivity contribution in [2.24, 2.45) is 5.92 Å². The lowest BCUT2D eigenvalue weighted by Crippen LogP contribution is -2.38. The smallest absolute Gasteiger partial charge is 0.228 e. The largest absolute Gasteiger partial charge is 0.317 e. The molecule has 1 unspecified atom stereocenters. The molecule has 3 rings (SSSR count). The van der Waals surface area contributed by atoms with Crippen molar-refractivity contribution in [3.05, 3.63) is 47.8 Å². The van der Waals surface area contributed by atoms with Gasteiger partial charge in [-0.25, -0.2) is 13.4 Å². The molecule has 1 aliphatic rings. The summed E-state index contributed by atoms with van der Waals surface area (Å²) in [7, 11) is -3.48. The summed E-state index contributed by atoms with van der Waals surface area (Å²) in [5.41, 5.74) is 2.05. The summed E-state index contributed by atoms with van der Waals surface area (Å²) in [6.07, 6.45) is 4.35. The molecule has 29 heavy (non-hydrogen) atoms. The van der Waals surface area contributed by atoms with Crippen LogP contribution in [0.25, 0.3) is 0 Å². The first kappa shape index (κ1) is 21.7. The maximum Gasteiger partial charge on any atom is 0.228 e. The van der Waals surface area contributed by atoms with E-state index in [0.29, 0.717) is 13.1 Å². The normalized spacial score (nSPS) is 18.3. The van der Waals surface area contributed by atoms with Gasteiger partial charge >= 0.3 is 0 Å². The first-order chi connectivity index (χ1) is 13.8. The quantitative estimate of drug-likeness (QED) is 0.660. The van der Waals surface area contributed by atoms with Gasteiger partial charge in [-0.2, -0.15) is 0 Å². The number of aryl methyl sites for hydroxylation is 1. The van der Waals surface area contributed by atoms with E-state index in [0.717, 1.165) is 43.6 Å². The number of hydrogen-bond acceptors (Lipinski definition) is 5. The van der Waals surface area contributed by atoms with Gasteiger partial charge in [-0.1, -0.05) is 30.3 Å². The van der Waals surface area contributed by atoms with Crippen LogP contribution in [0.4, 0.5) is 0 Å². The molecule has 0 bridgehead atoms. The average Bonchev–Trinajstić information content (AvgIpc) is 3.10. The first-order valence-corrected chi connectivity index (χ1v) is 11.9. The van der Waals surface area contributed by atoms with E-state index >= 15 is 0 Å². The van der Waals surface area contributed by atoms with E-state index in [1.807, 2.05) is 22.8 Å².